The molecular weight excluding hydrogens is 427 g/mol. The van der Waals surface area contributed by atoms with E-state index >= 15 is 0 Å². The van der Waals surface area contributed by atoms with Crippen LogP contribution in [-0.4, -0.2) is 48.6 Å². The summed E-state index contributed by atoms with van der Waals surface area (Å²) in [5.74, 6) is 0.616. The van der Waals surface area contributed by atoms with Crippen LogP contribution in [0.2, 0.25) is 0 Å². The van der Waals surface area contributed by atoms with Gasteiger partial charge in [-0.2, -0.15) is 5.10 Å². The number of benzene rings is 1. The summed E-state index contributed by atoms with van der Waals surface area (Å²) in [4.78, 5) is 21.3. The average molecular weight is 452 g/mol. The van der Waals surface area contributed by atoms with E-state index in [0.717, 1.165) is 24.1 Å². The van der Waals surface area contributed by atoms with Crippen molar-refractivity contribution in [2.45, 2.75) is 19.8 Å². The molecule has 3 heterocycles. The number of rotatable bonds is 9. The number of aromatic nitrogens is 2. The van der Waals surface area contributed by atoms with Crippen molar-refractivity contribution in [3.8, 4) is 22.9 Å². The van der Waals surface area contributed by atoms with Gasteiger partial charge in [0.25, 0.3) is 5.91 Å². The van der Waals surface area contributed by atoms with E-state index in [1.54, 1.807) is 18.2 Å². The van der Waals surface area contributed by atoms with Crippen LogP contribution in [0.4, 0.5) is 4.39 Å². The van der Waals surface area contributed by atoms with Crippen LogP contribution < -0.4 is 25.5 Å². The lowest BCUT2D eigenvalue weighted by molar-refractivity contribution is 0.0953. The number of amides is 1. The van der Waals surface area contributed by atoms with Crippen molar-refractivity contribution in [3.63, 3.8) is 0 Å². The molecule has 10 heteroatoms. The van der Waals surface area contributed by atoms with Gasteiger partial charge in [0, 0.05) is 41.7 Å². The molecule has 0 bridgehead atoms. The van der Waals surface area contributed by atoms with Gasteiger partial charge in [-0.15, -0.1) is 0 Å². The van der Waals surface area contributed by atoms with E-state index in [0.29, 0.717) is 47.9 Å². The number of nitrogens with zero attached hydrogens (tertiary/aromatic N) is 3. The zero-order valence-electron chi connectivity index (χ0n) is 18.4. The summed E-state index contributed by atoms with van der Waals surface area (Å²) in [6.07, 6.45) is 3.00. The number of ether oxygens (including phenoxy) is 2. The lowest BCUT2D eigenvalue weighted by Gasteiger charge is -2.12. The van der Waals surface area contributed by atoms with Crippen molar-refractivity contribution in [1.82, 2.24) is 26.0 Å². The van der Waals surface area contributed by atoms with Gasteiger partial charge in [0.1, 0.15) is 18.3 Å². The second kappa shape index (κ2) is 10.1. The first-order valence-electron chi connectivity index (χ1n) is 10.7. The molecule has 33 heavy (non-hydrogen) atoms. The van der Waals surface area contributed by atoms with Crippen LogP contribution in [-0.2, 0) is 0 Å². The number of amidine groups is 1. The summed E-state index contributed by atoms with van der Waals surface area (Å²) in [5.41, 5.74) is 4.85. The number of carbonyl (C=O) groups excluding carboxylic acids is 1. The second-order valence-electron chi connectivity index (χ2n) is 7.32. The standard InChI is InChI=1S/C23H25FN6O3/c1-3-33-20-11-18(15-9-17(24)23(32-2)26-12-15)29-19-10-14(6-7-16(19)20)22(31)25-8-4-5-21-27-13-28-30-21/h6-7,9-12,28H,3-5,8,13H2,1-2H3,(H,25,31)(H,27,30). The Bertz CT molecular complexity index is 1200. The predicted octanol–water partition coefficient (Wildman–Crippen LogP) is 2.82. The zero-order valence-corrected chi connectivity index (χ0v) is 18.4. The Morgan fingerprint density at radius 2 is 2.15 bits per heavy atom. The minimum atomic E-state index is -0.586. The summed E-state index contributed by atoms with van der Waals surface area (Å²) >= 11 is 0. The van der Waals surface area contributed by atoms with Crippen LogP contribution in [0.3, 0.4) is 0 Å². The van der Waals surface area contributed by atoms with E-state index in [2.05, 4.69) is 31.1 Å². The van der Waals surface area contributed by atoms with Gasteiger partial charge >= 0.3 is 0 Å². The predicted molar refractivity (Wildman–Crippen MR) is 123 cm³/mol. The van der Waals surface area contributed by atoms with Gasteiger partial charge in [-0.3, -0.25) is 10.2 Å². The van der Waals surface area contributed by atoms with Gasteiger partial charge in [-0.25, -0.2) is 14.4 Å². The topological polar surface area (TPSA) is 110 Å². The van der Waals surface area contributed by atoms with E-state index in [9.17, 15) is 9.18 Å². The molecule has 0 atom stereocenters. The third-order valence-corrected chi connectivity index (χ3v) is 5.09. The lowest BCUT2D eigenvalue weighted by atomic mass is 10.1. The molecule has 0 saturated heterocycles. The summed E-state index contributed by atoms with van der Waals surface area (Å²) in [7, 11) is 1.36. The molecule has 0 fully saturated rings. The number of carbonyl (C=O) groups is 1. The molecule has 3 aromatic rings. The fourth-order valence-corrected chi connectivity index (χ4v) is 3.50. The molecule has 172 valence electrons. The van der Waals surface area contributed by atoms with Crippen molar-refractivity contribution < 1.29 is 18.7 Å². The Morgan fingerprint density at radius 1 is 1.27 bits per heavy atom. The maximum atomic E-state index is 14.2. The minimum Gasteiger partial charge on any atom is -0.493 e. The molecule has 1 aliphatic rings. The molecule has 0 radical (unpaired) electrons. The third-order valence-electron chi connectivity index (χ3n) is 5.09. The number of methoxy groups -OCH3 is 1. The molecule has 1 aromatic carbocycles. The molecule has 1 aliphatic heterocycles. The second-order valence-corrected chi connectivity index (χ2v) is 7.32. The van der Waals surface area contributed by atoms with Crippen molar-refractivity contribution in [1.29, 1.82) is 0 Å². The summed E-state index contributed by atoms with van der Waals surface area (Å²) in [6.45, 7) is 3.49. The number of fused-ring (bicyclic) bond motifs is 1. The molecule has 2 aromatic heterocycles. The third kappa shape index (κ3) is 5.11. The summed E-state index contributed by atoms with van der Waals surface area (Å²) in [6, 6.07) is 8.30. The number of pyridine rings is 2. The number of nitrogens with one attached hydrogen (secondary N) is 3. The van der Waals surface area contributed by atoms with Gasteiger partial charge < -0.3 is 20.1 Å². The fraction of sp³-hybridized carbons (Fsp3) is 0.304. The van der Waals surface area contributed by atoms with Crippen molar-refractivity contribution in [2.75, 3.05) is 26.9 Å². The maximum absolute atomic E-state index is 14.2. The molecule has 0 aliphatic carbocycles. The van der Waals surface area contributed by atoms with Crippen LogP contribution in [0, 0.1) is 5.82 Å². The number of hydrazone groups is 1. The Kier molecular flexibility index (Phi) is 6.82. The van der Waals surface area contributed by atoms with Crippen LogP contribution in [0.1, 0.15) is 30.1 Å². The Morgan fingerprint density at radius 3 is 2.88 bits per heavy atom. The number of hydrogen-bond acceptors (Lipinski definition) is 8. The van der Waals surface area contributed by atoms with E-state index in [1.165, 1.54) is 19.4 Å². The largest absolute Gasteiger partial charge is 0.493 e. The quantitative estimate of drug-likeness (QED) is 0.428. The van der Waals surface area contributed by atoms with Gasteiger partial charge in [0.05, 0.1) is 24.9 Å². The number of hydrogen-bond donors (Lipinski definition) is 3. The van der Waals surface area contributed by atoms with Gasteiger partial charge in [-0.05, 0) is 37.6 Å². The first-order chi connectivity index (χ1) is 16.1. The highest BCUT2D eigenvalue weighted by Gasteiger charge is 2.14. The monoisotopic (exact) mass is 452 g/mol. The van der Waals surface area contributed by atoms with Crippen LogP contribution in [0.15, 0.2) is 41.6 Å². The Labute approximate surface area is 190 Å². The van der Waals surface area contributed by atoms with E-state index < -0.39 is 5.82 Å². The van der Waals surface area contributed by atoms with Gasteiger partial charge in [0.2, 0.25) is 5.88 Å². The van der Waals surface area contributed by atoms with Crippen molar-refractivity contribution in [2.24, 2.45) is 5.10 Å². The summed E-state index contributed by atoms with van der Waals surface area (Å²) < 4.78 is 24.9. The zero-order chi connectivity index (χ0) is 23.2. The van der Waals surface area contributed by atoms with Crippen LogP contribution in [0.25, 0.3) is 22.2 Å². The molecule has 9 nitrogen and oxygen atoms in total. The first-order valence-corrected chi connectivity index (χ1v) is 10.7. The highest BCUT2D eigenvalue weighted by molar-refractivity contribution is 5.99. The van der Waals surface area contributed by atoms with Crippen molar-refractivity contribution in [3.05, 3.63) is 47.9 Å². The van der Waals surface area contributed by atoms with Crippen LogP contribution >= 0.6 is 0 Å². The smallest absolute Gasteiger partial charge is 0.251 e. The molecule has 0 saturated carbocycles. The molecule has 3 N–H and O–H groups in total. The highest BCUT2D eigenvalue weighted by atomic mass is 19.1. The fourth-order valence-electron chi connectivity index (χ4n) is 3.50. The Hall–Kier alpha value is -3.95. The average Bonchev–Trinajstić information content (AvgIpc) is 3.35. The Balaban J connectivity index is 1.57. The first kappa shape index (κ1) is 22.3. The number of halogens is 1. The molecule has 4 rings (SSSR count). The molecule has 1 amide bonds. The highest BCUT2D eigenvalue weighted by Crippen LogP contribution is 2.31. The molecular formula is C23H25FN6O3. The molecule has 0 unspecified atom stereocenters. The van der Waals surface area contributed by atoms with E-state index in [4.69, 9.17) is 9.47 Å². The normalized spacial score (nSPS) is 12.6. The van der Waals surface area contributed by atoms with E-state index in [1.807, 2.05) is 13.0 Å². The minimum absolute atomic E-state index is 0.0874. The van der Waals surface area contributed by atoms with Crippen molar-refractivity contribution >= 4 is 22.6 Å². The van der Waals surface area contributed by atoms with Gasteiger partial charge in [-0.1, -0.05) is 0 Å². The SMILES string of the molecule is CCOc1cc(-c2cnc(OC)c(F)c2)nc2cc(C(=O)NCCCC3=NNCN3)ccc12. The van der Waals surface area contributed by atoms with Gasteiger partial charge in [0.15, 0.2) is 5.82 Å². The molecule has 0 spiro atoms. The summed E-state index contributed by atoms with van der Waals surface area (Å²) in [5, 5.41) is 10.9. The van der Waals surface area contributed by atoms with Crippen LogP contribution in [0.5, 0.6) is 11.6 Å². The maximum Gasteiger partial charge on any atom is 0.251 e. The van der Waals surface area contributed by atoms with E-state index in [-0.39, 0.29) is 11.8 Å². The lowest BCUT2D eigenvalue weighted by Crippen LogP contribution is -2.26.